The van der Waals surface area contributed by atoms with Gasteiger partial charge >= 0.3 is 0 Å². The van der Waals surface area contributed by atoms with Crippen LogP contribution in [0.2, 0.25) is 0 Å². The predicted octanol–water partition coefficient (Wildman–Crippen LogP) is 5.72. The van der Waals surface area contributed by atoms with Gasteiger partial charge < -0.3 is 0 Å². The lowest BCUT2D eigenvalue weighted by Crippen LogP contribution is -2.07. The van der Waals surface area contributed by atoms with Crippen LogP contribution in [-0.4, -0.2) is 0 Å². The Balaban J connectivity index is 1.76. The highest BCUT2D eigenvalue weighted by Gasteiger charge is 2.29. The Bertz CT molecular complexity index is 763. The Kier molecular flexibility index (Phi) is 2.85. The topological polar surface area (TPSA) is 0 Å². The van der Waals surface area contributed by atoms with Gasteiger partial charge in [-0.3, -0.25) is 0 Å². The Morgan fingerprint density at radius 2 is 2.00 bits per heavy atom. The van der Waals surface area contributed by atoms with Crippen LogP contribution >= 0.6 is 0 Å². The van der Waals surface area contributed by atoms with E-state index in [1.54, 1.807) is 0 Å². The molecular formula is C21H20. The molecule has 1 unspecified atom stereocenters. The van der Waals surface area contributed by atoms with Gasteiger partial charge in [0.25, 0.3) is 0 Å². The molecule has 0 heterocycles. The summed E-state index contributed by atoms with van der Waals surface area (Å²) in [5.74, 6) is 0.504. The highest BCUT2D eigenvalue weighted by molar-refractivity contribution is 5.78. The Morgan fingerprint density at radius 1 is 1.14 bits per heavy atom. The van der Waals surface area contributed by atoms with E-state index in [0.717, 1.165) is 12.8 Å². The molecule has 1 atom stereocenters. The average molecular weight is 272 g/mol. The number of hydrogen-bond donors (Lipinski definition) is 0. The molecule has 0 aromatic heterocycles. The lowest BCUT2D eigenvalue weighted by Gasteiger charge is -2.25. The third-order valence-corrected chi connectivity index (χ3v) is 4.96. The molecule has 0 aliphatic heterocycles. The molecule has 3 aliphatic rings. The van der Waals surface area contributed by atoms with Crippen LogP contribution in [0.15, 0.2) is 76.4 Å². The van der Waals surface area contributed by atoms with Gasteiger partial charge in [-0.15, -0.1) is 0 Å². The molecule has 0 heteroatoms. The second-order valence-electron chi connectivity index (χ2n) is 6.30. The second-order valence-corrected chi connectivity index (χ2v) is 6.30. The molecule has 21 heavy (non-hydrogen) atoms. The number of benzene rings is 1. The smallest absolute Gasteiger partial charge is 0.00730 e. The number of hydrogen-bond acceptors (Lipinski definition) is 0. The highest BCUT2D eigenvalue weighted by atomic mass is 14.3. The van der Waals surface area contributed by atoms with Crippen LogP contribution in [0.3, 0.4) is 0 Å². The quantitative estimate of drug-likeness (QED) is 0.646. The first-order chi connectivity index (χ1) is 10.2. The lowest BCUT2D eigenvalue weighted by atomic mass is 9.79. The van der Waals surface area contributed by atoms with E-state index in [1.165, 1.54) is 39.0 Å². The summed E-state index contributed by atoms with van der Waals surface area (Å²) in [4.78, 5) is 0. The third kappa shape index (κ3) is 1.98. The summed E-state index contributed by atoms with van der Waals surface area (Å²) in [6.07, 6.45) is 13.7. The first-order valence-corrected chi connectivity index (χ1v) is 7.81. The summed E-state index contributed by atoms with van der Waals surface area (Å²) >= 11 is 0. The maximum absolute atomic E-state index is 2.41. The number of allylic oxidation sites excluding steroid dienone is 9. The molecule has 0 N–H and O–H groups in total. The normalized spacial score (nSPS) is 22.8. The van der Waals surface area contributed by atoms with E-state index < -0.39 is 0 Å². The molecule has 0 fully saturated rings. The van der Waals surface area contributed by atoms with E-state index in [0.29, 0.717) is 5.92 Å². The Hall–Kier alpha value is -2.08. The molecule has 0 saturated heterocycles. The second kappa shape index (κ2) is 4.73. The molecule has 4 rings (SSSR count). The monoisotopic (exact) mass is 272 g/mol. The largest absolute Gasteiger partial charge is 0.0804 e. The molecule has 0 amide bonds. The Morgan fingerprint density at radius 3 is 2.81 bits per heavy atom. The van der Waals surface area contributed by atoms with Crippen LogP contribution in [0.5, 0.6) is 0 Å². The number of rotatable bonds is 2. The van der Waals surface area contributed by atoms with Crippen molar-refractivity contribution in [2.24, 2.45) is 0 Å². The zero-order valence-corrected chi connectivity index (χ0v) is 12.7. The maximum Gasteiger partial charge on any atom is 0.00730 e. The minimum Gasteiger partial charge on any atom is -0.0804 e. The highest BCUT2D eigenvalue weighted by Crippen LogP contribution is 2.47. The van der Waals surface area contributed by atoms with E-state index in [4.69, 9.17) is 0 Å². The fraction of sp³-hybridized carbons (Fsp3) is 0.238. The fourth-order valence-corrected chi connectivity index (χ4v) is 3.76. The maximum atomic E-state index is 2.41. The van der Waals surface area contributed by atoms with E-state index in [1.807, 2.05) is 0 Å². The molecule has 3 aliphatic carbocycles. The van der Waals surface area contributed by atoms with Crippen molar-refractivity contribution in [1.82, 2.24) is 0 Å². The first-order valence-electron chi connectivity index (χ1n) is 7.81. The van der Waals surface area contributed by atoms with Gasteiger partial charge in [0.1, 0.15) is 0 Å². The molecule has 0 radical (unpaired) electrons. The summed E-state index contributed by atoms with van der Waals surface area (Å²) in [5.41, 5.74) is 10.3. The van der Waals surface area contributed by atoms with Gasteiger partial charge in [0.2, 0.25) is 0 Å². The van der Waals surface area contributed by atoms with Gasteiger partial charge in [0.15, 0.2) is 0 Å². The molecule has 1 aromatic rings. The van der Waals surface area contributed by atoms with Crippen LogP contribution in [0.4, 0.5) is 0 Å². The van der Waals surface area contributed by atoms with Gasteiger partial charge in [-0.1, -0.05) is 61.1 Å². The summed E-state index contributed by atoms with van der Waals surface area (Å²) in [5, 5.41) is 0. The van der Waals surface area contributed by atoms with E-state index in [2.05, 4.69) is 68.5 Å². The van der Waals surface area contributed by atoms with Crippen LogP contribution in [0.1, 0.15) is 43.7 Å². The van der Waals surface area contributed by atoms with Gasteiger partial charge in [0.05, 0.1) is 0 Å². The summed E-state index contributed by atoms with van der Waals surface area (Å²) in [7, 11) is 0. The molecule has 1 aromatic carbocycles. The predicted molar refractivity (Wildman–Crippen MR) is 90.1 cm³/mol. The zero-order valence-electron chi connectivity index (χ0n) is 12.7. The summed E-state index contributed by atoms with van der Waals surface area (Å²) in [6.45, 7) is 4.60. The number of fused-ring (bicyclic) bond motifs is 2. The SMILES string of the molecule is CC1=C(CC2=CC=CC2)C2=Cc3ccccc3C(C)C2=C1. The Labute approximate surface area is 126 Å². The third-order valence-electron chi connectivity index (χ3n) is 4.96. The molecule has 0 bridgehead atoms. The fourth-order valence-electron chi connectivity index (χ4n) is 3.76. The molecule has 0 saturated carbocycles. The van der Waals surface area contributed by atoms with Gasteiger partial charge in [-0.25, -0.2) is 0 Å². The minimum atomic E-state index is 0.504. The minimum absolute atomic E-state index is 0.504. The van der Waals surface area contributed by atoms with Crippen LogP contribution < -0.4 is 0 Å². The van der Waals surface area contributed by atoms with Gasteiger partial charge in [-0.2, -0.15) is 0 Å². The average Bonchev–Trinajstić information content (AvgIpc) is 3.10. The molecular weight excluding hydrogens is 252 g/mol. The van der Waals surface area contributed by atoms with Crippen molar-refractivity contribution in [3.63, 3.8) is 0 Å². The molecule has 0 nitrogen and oxygen atoms in total. The van der Waals surface area contributed by atoms with Gasteiger partial charge in [0, 0.05) is 5.92 Å². The van der Waals surface area contributed by atoms with Crippen LogP contribution in [-0.2, 0) is 0 Å². The molecule has 0 spiro atoms. The van der Waals surface area contributed by atoms with Crippen LogP contribution in [0.25, 0.3) is 6.08 Å². The summed E-state index contributed by atoms with van der Waals surface area (Å²) in [6, 6.07) is 8.81. The van der Waals surface area contributed by atoms with Crippen molar-refractivity contribution < 1.29 is 0 Å². The van der Waals surface area contributed by atoms with Crippen molar-refractivity contribution >= 4 is 6.08 Å². The van der Waals surface area contributed by atoms with Crippen molar-refractivity contribution in [3.05, 3.63) is 87.6 Å². The first kappa shape index (κ1) is 12.6. The van der Waals surface area contributed by atoms with Crippen molar-refractivity contribution in [1.29, 1.82) is 0 Å². The van der Waals surface area contributed by atoms with Crippen molar-refractivity contribution in [3.8, 4) is 0 Å². The van der Waals surface area contributed by atoms with Gasteiger partial charge in [-0.05, 0) is 59.3 Å². The zero-order chi connectivity index (χ0) is 14.4. The van der Waals surface area contributed by atoms with Crippen molar-refractivity contribution in [2.45, 2.75) is 32.6 Å². The van der Waals surface area contributed by atoms with Crippen molar-refractivity contribution in [2.75, 3.05) is 0 Å². The van der Waals surface area contributed by atoms with E-state index in [-0.39, 0.29) is 0 Å². The molecule has 104 valence electrons. The van der Waals surface area contributed by atoms with E-state index >= 15 is 0 Å². The standard InChI is InChI=1S/C21H20/c1-14-11-20-15(2)18-10-6-5-9-17(18)13-21(20)19(14)12-16-7-3-4-8-16/h3-7,9-11,13,15H,8,12H2,1-2H3. The lowest BCUT2D eigenvalue weighted by molar-refractivity contribution is 0.894. The van der Waals surface area contributed by atoms with Crippen LogP contribution in [0, 0.1) is 0 Å². The van der Waals surface area contributed by atoms with E-state index in [9.17, 15) is 0 Å². The summed E-state index contributed by atoms with van der Waals surface area (Å²) < 4.78 is 0.